The SMILES string of the molecule is CCc1ccc(OCCCN(C)C(=O)CCBr)cc1. The van der Waals surface area contributed by atoms with Crippen molar-refractivity contribution in [3.8, 4) is 5.75 Å². The second-order valence-electron chi connectivity index (χ2n) is 4.45. The molecule has 0 aliphatic heterocycles. The van der Waals surface area contributed by atoms with Crippen molar-refractivity contribution in [3.63, 3.8) is 0 Å². The lowest BCUT2D eigenvalue weighted by Gasteiger charge is -2.16. The maximum absolute atomic E-state index is 11.5. The predicted molar refractivity (Wildman–Crippen MR) is 82.0 cm³/mol. The van der Waals surface area contributed by atoms with Crippen LogP contribution in [0.2, 0.25) is 0 Å². The first-order valence-corrected chi connectivity index (χ1v) is 7.81. The summed E-state index contributed by atoms with van der Waals surface area (Å²) in [5.74, 6) is 1.07. The number of hydrogen-bond acceptors (Lipinski definition) is 2. The summed E-state index contributed by atoms with van der Waals surface area (Å²) in [4.78, 5) is 13.3. The lowest BCUT2D eigenvalue weighted by molar-refractivity contribution is -0.129. The summed E-state index contributed by atoms with van der Waals surface area (Å²) in [5, 5.41) is 0.719. The number of rotatable bonds is 8. The van der Waals surface area contributed by atoms with Gasteiger partial charge in [-0.25, -0.2) is 0 Å². The lowest BCUT2D eigenvalue weighted by atomic mass is 10.2. The molecule has 1 rings (SSSR count). The van der Waals surface area contributed by atoms with E-state index >= 15 is 0 Å². The highest BCUT2D eigenvalue weighted by molar-refractivity contribution is 9.09. The van der Waals surface area contributed by atoms with Crippen molar-refractivity contribution in [1.82, 2.24) is 4.90 Å². The van der Waals surface area contributed by atoms with E-state index in [1.54, 1.807) is 4.90 Å². The molecule has 1 aromatic carbocycles. The molecule has 0 atom stereocenters. The Hall–Kier alpha value is -1.03. The number of alkyl halides is 1. The molecule has 1 amide bonds. The van der Waals surface area contributed by atoms with Crippen LogP contribution in [0.4, 0.5) is 0 Å². The summed E-state index contributed by atoms with van der Waals surface area (Å²) in [6.45, 7) is 3.51. The van der Waals surface area contributed by atoms with Gasteiger partial charge in [-0.15, -0.1) is 0 Å². The molecule has 0 aliphatic carbocycles. The second-order valence-corrected chi connectivity index (χ2v) is 5.25. The Labute approximate surface area is 124 Å². The number of carbonyl (C=O) groups excluding carboxylic acids is 1. The average molecular weight is 328 g/mol. The van der Waals surface area contributed by atoms with Gasteiger partial charge in [0.05, 0.1) is 6.61 Å². The minimum atomic E-state index is 0.171. The Morgan fingerprint density at radius 3 is 2.58 bits per heavy atom. The molecule has 1 aromatic rings. The quantitative estimate of drug-likeness (QED) is 0.541. The van der Waals surface area contributed by atoms with Crippen LogP contribution in [0.25, 0.3) is 0 Å². The molecule has 19 heavy (non-hydrogen) atoms. The van der Waals surface area contributed by atoms with Crippen LogP contribution in [0, 0.1) is 0 Å². The van der Waals surface area contributed by atoms with Gasteiger partial charge in [0.2, 0.25) is 5.91 Å². The van der Waals surface area contributed by atoms with Gasteiger partial charge in [-0.2, -0.15) is 0 Å². The van der Waals surface area contributed by atoms with E-state index in [0.29, 0.717) is 13.0 Å². The van der Waals surface area contributed by atoms with Crippen LogP contribution in [-0.4, -0.2) is 36.3 Å². The second kappa shape index (κ2) is 8.97. The molecule has 0 N–H and O–H groups in total. The van der Waals surface area contributed by atoms with Gasteiger partial charge < -0.3 is 9.64 Å². The summed E-state index contributed by atoms with van der Waals surface area (Å²) in [6, 6.07) is 8.17. The average Bonchev–Trinajstić information content (AvgIpc) is 2.44. The van der Waals surface area contributed by atoms with Crippen molar-refractivity contribution in [2.24, 2.45) is 0 Å². The van der Waals surface area contributed by atoms with Crippen LogP contribution >= 0.6 is 15.9 Å². The zero-order valence-corrected chi connectivity index (χ0v) is 13.3. The van der Waals surface area contributed by atoms with Gasteiger partial charge in [-0.05, 0) is 30.5 Å². The molecule has 0 saturated carbocycles. The van der Waals surface area contributed by atoms with Crippen LogP contribution in [0.5, 0.6) is 5.75 Å². The fourth-order valence-corrected chi connectivity index (χ4v) is 2.05. The third-order valence-electron chi connectivity index (χ3n) is 2.97. The number of benzene rings is 1. The Bertz CT molecular complexity index is 378. The largest absolute Gasteiger partial charge is 0.494 e. The minimum Gasteiger partial charge on any atom is -0.494 e. The maximum Gasteiger partial charge on any atom is 0.223 e. The number of hydrogen-bond donors (Lipinski definition) is 0. The topological polar surface area (TPSA) is 29.5 Å². The summed E-state index contributed by atoms with van der Waals surface area (Å²) < 4.78 is 5.65. The van der Waals surface area contributed by atoms with E-state index in [0.717, 1.165) is 30.5 Å². The fourth-order valence-electron chi connectivity index (χ4n) is 1.71. The molecule has 0 saturated heterocycles. The number of carbonyl (C=O) groups is 1. The molecule has 4 heteroatoms. The van der Waals surface area contributed by atoms with Gasteiger partial charge in [-0.1, -0.05) is 35.0 Å². The summed E-state index contributed by atoms with van der Waals surface area (Å²) in [6.07, 6.45) is 2.44. The van der Waals surface area contributed by atoms with Crippen LogP contribution < -0.4 is 4.74 Å². The molecule has 3 nitrogen and oxygen atoms in total. The number of amides is 1. The van der Waals surface area contributed by atoms with Gasteiger partial charge in [0.1, 0.15) is 5.75 Å². The molecular weight excluding hydrogens is 306 g/mol. The van der Waals surface area contributed by atoms with E-state index in [1.807, 2.05) is 19.2 Å². The molecule has 0 fully saturated rings. The van der Waals surface area contributed by atoms with Crippen molar-refractivity contribution in [2.45, 2.75) is 26.2 Å². The highest BCUT2D eigenvalue weighted by Gasteiger charge is 2.06. The van der Waals surface area contributed by atoms with Gasteiger partial charge >= 0.3 is 0 Å². The van der Waals surface area contributed by atoms with E-state index < -0.39 is 0 Å². The number of nitrogens with zero attached hydrogens (tertiary/aromatic N) is 1. The Morgan fingerprint density at radius 1 is 1.32 bits per heavy atom. The first kappa shape index (κ1) is 16.0. The molecule has 0 aliphatic rings. The van der Waals surface area contributed by atoms with Crippen LogP contribution in [0.1, 0.15) is 25.3 Å². The Kier molecular flexibility index (Phi) is 7.56. The molecule has 0 unspecified atom stereocenters. The summed E-state index contributed by atoms with van der Waals surface area (Å²) in [7, 11) is 1.83. The monoisotopic (exact) mass is 327 g/mol. The van der Waals surface area contributed by atoms with Crippen molar-refractivity contribution in [1.29, 1.82) is 0 Å². The zero-order chi connectivity index (χ0) is 14.1. The standard InChI is InChI=1S/C15H22BrNO2/c1-3-13-5-7-14(8-6-13)19-12-4-11-17(2)15(18)9-10-16/h5-8H,3-4,9-12H2,1-2H3. The zero-order valence-electron chi connectivity index (χ0n) is 11.7. The number of halogens is 1. The van der Waals surface area contributed by atoms with Crippen LogP contribution in [0.3, 0.4) is 0 Å². The van der Waals surface area contributed by atoms with Crippen LogP contribution in [-0.2, 0) is 11.2 Å². The number of ether oxygens (including phenoxy) is 1. The third kappa shape index (κ3) is 6.10. The third-order valence-corrected chi connectivity index (χ3v) is 3.37. The minimum absolute atomic E-state index is 0.171. The van der Waals surface area contributed by atoms with Gasteiger partial charge in [-0.3, -0.25) is 4.79 Å². The molecule has 106 valence electrons. The molecule has 0 radical (unpaired) electrons. The first-order valence-electron chi connectivity index (χ1n) is 6.69. The highest BCUT2D eigenvalue weighted by atomic mass is 79.9. The number of aryl methyl sites for hydroxylation is 1. The van der Waals surface area contributed by atoms with E-state index in [4.69, 9.17) is 4.74 Å². The molecule has 0 heterocycles. The molecule has 0 bridgehead atoms. The smallest absolute Gasteiger partial charge is 0.223 e. The van der Waals surface area contributed by atoms with Crippen molar-refractivity contribution in [3.05, 3.63) is 29.8 Å². The predicted octanol–water partition coefficient (Wildman–Crippen LogP) is 3.26. The molecule has 0 spiro atoms. The van der Waals surface area contributed by atoms with Crippen molar-refractivity contribution in [2.75, 3.05) is 25.5 Å². The van der Waals surface area contributed by atoms with Gasteiger partial charge in [0, 0.05) is 25.3 Å². The van der Waals surface area contributed by atoms with Gasteiger partial charge in [0.25, 0.3) is 0 Å². The van der Waals surface area contributed by atoms with Gasteiger partial charge in [0.15, 0.2) is 0 Å². The molecule has 0 aromatic heterocycles. The summed E-state index contributed by atoms with van der Waals surface area (Å²) in [5.41, 5.74) is 1.31. The summed E-state index contributed by atoms with van der Waals surface area (Å²) >= 11 is 3.27. The van der Waals surface area contributed by atoms with Crippen molar-refractivity contribution >= 4 is 21.8 Å². The van der Waals surface area contributed by atoms with E-state index in [-0.39, 0.29) is 5.91 Å². The highest BCUT2D eigenvalue weighted by Crippen LogP contribution is 2.12. The normalized spacial score (nSPS) is 10.3. The van der Waals surface area contributed by atoms with E-state index in [1.165, 1.54) is 5.56 Å². The van der Waals surface area contributed by atoms with E-state index in [2.05, 4.69) is 35.0 Å². The van der Waals surface area contributed by atoms with E-state index in [9.17, 15) is 4.79 Å². The first-order chi connectivity index (χ1) is 9.17. The maximum atomic E-state index is 11.5. The fraction of sp³-hybridized carbons (Fsp3) is 0.533. The van der Waals surface area contributed by atoms with Crippen molar-refractivity contribution < 1.29 is 9.53 Å². The Morgan fingerprint density at radius 2 is 2.00 bits per heavy atom. The lowest BCUT2D eigenvalue weighted by Crippen LogP contribution is -2.28. The Balaban J connectivity index is 2.21. The van der Waals surface area contributed by atoms with Crippen LogP contribution in [0.15, 0.2) is 24.3 Å². The molecular formula is C15H22BrNO2.